The van der Waals surface area contributed by atoms with Gasteiger partial charge in [-0.1, -0.05) is 25.0 Å². The molecule has 4 nitrogen and oxygen atoms in total. The number of para-hydroxylation sites is 1. The molecule has 114 valence electrons. The molecular formula is C15H20N2O2S2. The van der Waals surface area contributed by atoms with Crippen LogP contribution in [0.25, 0.3) is 0 Å². The van der Waals surface area contributed by atoms with Gasteiger partial charge in [-0.15, -0.1) is 23.5 Å². The van der Waals surface area contributed by atoms with Gasteiger partial charge in [0.25, 0.3) is 0 Å². The van der Waals surface area contributed by atoms with Crippen molar-refractivity contribution in [2.45, 2.75) is 35.8 Å². The zero-order valence-corrected chi connectivity index (χ0v) is 13.5. The fourth-order valence-electron chi connectivity index (χ4n) is 2.28. The summed E-state index contributed by atoms with van der Waals surface area (Å²) in [4.78, 5) is 23.8. The van der Waals surface area contributed by atoms with Crippen molar-refractivity contribution in [1.29, 1.82) is 0 Å². The highest BCUT2D eigenvalue weighted by atomic mass is 32.2. The van der Waals surface area contributed by atoms with Crippen LogP contribution >= 0.6 is 23.5 Å². The van der Waals surface area contributed by atoms with Gasteiger partial charge in [0.1, 0.15) is 0 Å². The monoisotopic (exact) mass is 324 g/mol. The van der Waals surface area contributed by atoms with Crippen molar-refractivity contribution in [1.82, 2.24) is 0 Å². The third kappa shape index (κ3) is 5.63. The number of anilines is 1. The Bertz CT molecular complexity index is 502. The third-order valence-corrected chi connectivity index (χ3v) is 5.75. The second-order valence-electron chi connectivity index (χ2n) is 5.02. The van der Waals surface area contributed by atoms with E-state index < -0.39 is 0 Å². The molecule has 0 radical (unpaired) electrons. The fraction of sp³-hybridized carbons (Fsp3) is 0.467. The molecule has 1 aliphatic carbocycles. The number of nitrogens with two attached hydrogens (primary N) is 1. The summed E-state index contributed by atoms with van der Waals surface area (Å²) in [6, 6.07) is 7.48. The van der Waals surface area contributed by atoms with Crippen LogP contribution in [0.4, 0.5) is 5.69 Å². The lowest BCUT2D eigenvalue weighted by Gasteiger charge is -2.11. The summed E-state index contributed by atoms with van der Waals surface area (Å²) in [7, 11) is 0. The minimum atomic E-state index is -0.363. The quantitative estimate of drug-likeness (QED) is 0.757. The Morgan fingerprint density at radius 2 is 1.90 bits per heavy atom. The predicted octanol–water partition coefficient (Wildman–Crippen LogP) is 2.88. The third-order valence-electron chi connectivity index (χ3n) is 3.28. The van der Waals surface area contributed by atoms with Gasteiger partial charge in [-0.2, -0.15) is 0 Å². The molecule has 3 N–H and O–H groups in total. The van der Waals surface area contributed by atoms with E-state index in [4.69, 9.17) is 5.73 Å². The van der Waals surface area contributed by atoms with Gasteiger partial charge >= 0.3 is 0 Å². The highest BCUT2D eigenvalue weighted by molar-refractivity contribution is 8.00. The van der Waals surface area contributed by atoms with Crippen molar-refractivity contribution in [2.75, 3.05) is 16.8 Å². The van der Waals surface area contributed by atoms with E-state index in [0.29, 0.717) is 11.0 Å². The lowest BCUT2D eigenvalue weighted by molar-refractivity contribution is -0.115. The Balaban J connectivity index is 1.85. The summed E-state index contributed by atoms with van der Waals surface area (Å²) in [5.41, 5.74) is 5.91. The lowest BCUT2D eigenvalue weighted by Crippen LogP contribution is -2.17. The van der Waals surface area contributed by atoms with Gasteiger partial charge < -0.3 is 11.1 Å². The summed E-state index contributed by atoms with van der Waals surface area (Å²) >= 11 is 3.09. The van der Waals surface area contributed by atoms with Crippen LogP contribution in [0.15, 0.2) is 29.2 Å². The minimum absolute atomic E-state index is 0.0130. The fourth-order valence-corrected chi connectivity index (χ4v) is 4.15. The van der Waals surface area contributed by atoms with E-state index in [1.807, 2.05) is 24.3 Å². The number of carbonyl (C=O) groups is 2. The molecule has 0 saturated heterocycles. The maximum Gasteiger partial charge on any atom is 0.234 e. The lowest BCUT2D eigenvalue weighted by atomic mass is 10.3. The SMILES string of the molecule is NC(=O)CSc1ccccc1NC(=O)CSC1CCCC1. The number of carbonyl (C=O) groups excluding carboxylic acids is 2. The first-order valence-corrected chi connectivity index (χ1v) is 9.10. The summed E-state index contributed by atoms with van der Waals surface area (Å²) in [5, 5.41) is 3.56. The molecule has 0 aromatic heterocycles. The van der Waals surface area contributed by atoms with E-state index in [0.717, 1.165) is 10.6 Å². The number of thioether (sulfide) groups is 2. The van der Waals surface area contributed by atoms with Crippen LogP contribution < -0.4 is 11.1 Å². The number of hydrogen-bond donors (Lipinski definition) is 2. The van der Waals surface area contributed by atoms with E-state index in [-0.39, 0.29) is 17.6 Å². The Morgan fingerprint density at radius 3 is 2.62 bits per heavy atom. The predicted molar refractivity (Wildman–Crippen MR) is 89.7 cm³/mol. The van der Waals surface area contributed by atoms with Gasteiger partial charge in [-0.05, 0) is 25.0 Å². The summed E-state index contributed by atoms with van der Waals surface area (Å²) in [5.74, 6) is 0.348. The van der Waals surface area contributed by atoms with Gasteiger partial charge in [-0.3, -0.25) is 9.59 Å². The Labute approximate surface area is 133 Å². The van der Waals surface area contributed by atoms with Crippen molar-refractivity contribution in [2.24, 2.45) is 5.73 Å². The van der Waals surface area contributed by atoms with Gasteiger partial charge in [0, 0.05) is 10.1 Å². The molecule has 2 rings (SSSR count). The normalized spacial score (nSPS) is 15.0. The van der Waals surface area contributed by atoms with Crippen molar-refractivity contribution in [3.05, 3.63) is 24.3 Å². The van der Waals surface area contributed by atoms with E-state index in [2.05, 4.69) is 5.32 Å². The molecule has 0 bridgehead atoms. The van der Waals surface area contributed by atoms with Crippen LogP contribution in [-0.4, -0.2) is 28.6 Å². The van der Waals surface area contributed by atoms with Gasteiger partial charge in [0.2, 0.25) is 11.8 Å². The highest BCUT2D eigenvalue weighted by Gasteiger charge is 2.17. The van der Waals surface area contributed by atoms with Crippen LogP contribution in [-0.2, 0) is 9.59 Å². The van der Waals surface area contributed by atoms with Crippen LogP contribution in [0.5, 0.6) is 0 Å². The van der Waals surface area contributed by atoms with Crippen molar-refractivity contribution >= 4 is 41.0 Å². The van der Waals surface area contributed by atoms with Crippen molar-refractivity contribution < 1.29 is 9.59 Å². The Kier molecular flexibility index (Phi) is 6.45. The molecule has 1 fully saturated rings. The number of amides is 2. The Morgan fingerprint density at radius 1 is 1.19 bits per heavy atom. The number of primary amides is 1. The zero-order valence-electron chi connectivity index (χ0n) is 11.8. The van der Waals surface area contributed by atoms with E-state index in [9.17, 15) is 9.59 Å². The number of hydrogen-bond acceptors (Lipinski definition) is 4. The standard InChI is InChI=1S/C15H20N2O2S2/c16-14(18)9-21-13-8-4-3-7-12(13)17-15(19)10-20-11-5-1-2-6-11/h3-4,7-8,11H,1-2,5-6,9-10H2,(H2,16,18)(H,17,19). The van der Waals surface area contributed by atoms with E-state index in [1.54, 1.807) is 11.8 Å². The molecule has 6 heteroatoms. The molecule has 1 aromatic carbocycles. The maximum absolute atomic E-state index is 12.0. The molecule has 0 unspecified atom stereocenters. The molecule has 1 saturated carbocycles. The van der Waals surface area contributed by atoms with E-state index in [1.165, 1.54) is 37.4 Å². The first-order chi connectivity index (χ1) is 10.1. The van der Waals surface area contributed by atoms with Crippen LogP contribution in [0.1, 0.15) is 25.7 Å². The molecule has 0 heterocycles. The zero-order chi connectivity index (χ0) is 15.1. The molecule has 0 atom stereocenters. The Hall–Kier alpha value is -1.14. The molecular weight excluding hydrogens is 304 g/mol. The van der Waals surface area contributed by atoms with E-state index >= 15 is 0 Å². The maximum atomic E-state index is 12.0. The largest absolute Gasteiger partial charge is 0.369 e. The summed E-state index contributed by atoms with van der Waals surface area (Å²) in [6.45, 7) is 0. The van der Waals surface area contributed by atoms with Crippen molar-refractivity contribution in [3.8, 4) is 0 Å². The average Bonchev–Trinajstić information content (AvgIpc) is 2.97. The van der Waals surface area contributed by atoms with Gasteiger partial charge in [0.15, 0.2) is 0 Å². The smallest absolute Gasteiger partial charge is 0.234 e. The van der Waals surface area contributed by atoms with Gasteiger partial charge in [-0.25, -0.2) is 0 Å². The number of rotatable bonds is 7. The molecule has 0 spiro atoms. The second kappa shape index (κ2) is 8.34. The molecule has 1 aliphatic rings. The summed E-state index contributed by atoms with van der Waals surface area (Å²) < 4.78 is 0. The first kappa shape index (κ1) is 16.2. The second-order valence-corrected chi connectivity index (χ2v) is 7.32. The number of nitrogens with one attached hydrogen (secondary N) is 1. The highest BCUT2D eigenvalue weighted by Crippen LogP contribution is 2.30. The van der Waals surface area contributed by atoms with Crippen LogP contribution in [0, 0.1) is 0 Å². The minimum Gasteiger partial charge on any atom is -0.369 e. The van der Waals surface area contributed by atoms with Crippen LogP contribution in [0.3, 0.4) is 0 Å². The molecule has 1 aromatic rings. The topological polar surface area (TPSA) is 72.2 Å². The van der Waals surface area contributed by atoms with Crippen molar-refractivity contribution in [3.63, 3.8) is 0 Å². The average molecular weight is 324 g/mol. The van der Waals surface area contributed by atoms with Crippen LogP contribution in [0.2, 0.25) is 0 Å². The molecule has 0 aliphatic heterocycles. The molecule has 21 heavy (non-hydrogen) atoms. The first-order valence-electron chi connectivity index (χ1n) is 7.07. The summed E-state index contributed by atoms with van der Waals surface area (Å²) in [6.07, 6.45) is 5.02. The van der Waals surface area contributed by atoms with Gasteiger partial charge in [0.05, 0.1) is 17.2 Å². The molecule has 2 amide bonds. The number of benzene rings is 1.